The molecular weight excluding hydrogens is 376 g/mol. The maximum atomic E-state index is 12.6. The van der Waals surface area contributed by atoms with Crippen LogP contribution >= 0.6 is 11.5 Å². The SMILES string of the molecule is CCc1nsc(N2CCCN(c3nc4c(cnn4C(C)(C)C)c(=O)[nH]3)CC2)n1. The third kappa shape index (κ3) is 3.48. The van der Waals surface area contributed by atoms with E-state index in [9.17, 15) is 4.79 Å². The van der Waals surface area contributed by atoms with E-state index in [1.807, 2.05) is 4.68 Å². The van der Waals surface area contributed by atoms with Crippen LogP contribution in [0.25, 0.3) is 11.0 Å². The number of nitrogens with one attached hydrogen (secondary N) is 1. The molecule has 4 heterocycles. The zero-order valence-corrected chi connectivity index (χ0v) is 17.6. The summed E-state index contributed by atoms with van der Waals surface area (Å²) < 4.78 is 6.21. The molecule has 150 valence electrons. The van der Waals surface area contributed by atoms with Crippen molar-refractivity contribution in [3.05, 3.63) is 22.4 Å². The van der Waals surface area contributed by atoms with Crippen LogP contribution < -0.4 is 15.4 Å². The van der Waals surface area contributed by atoms with Crippen LogP contribution in [0.15, 0.2) is 11.0 Å². The summed E-state index contributed by atoms with van der Waals surface area (Å²) in [4.78, 5) is 29.3. The van der Waals surface area contributed by atoms with Crippen molar-refractivity contribution < 1.29 is 0 Å². The molecule has 3 aromatic heterocycles. The van der Waals surface area contributed by atoms with Crippen molar-refractivity contribution in [3.63, 3.8) is 0 Å². The molecule has 10 heteroatoms. The molecule has 0 radical (unpaired) electrons. The molecule has 4 rings (SSSR count). The zero-order chi connectivity index (χ0) is 19.9. The van der Waals surface area contributed by atoms with E-state index in [0.29, 0.717) is 17.0 Å². The number of aromatic amines is 1. The first-order chi connectivity index (χ1) is 13.4. The molecule has 3 aromatic rings. The third-order valence-electron chi connectivity index (χ3n) is 4.90. The monoisotopic (exact) mass is 402 g/mol. The van der Waals surface area contributed by atoms with Gasteiger partial charge in [0.15, 0.2) is 5.65 Å². The van der Waals surface area contributed by atoms with Crippen molar-refractivity contribution in [1.82, 2.24) is 29.1 Å². The highest BCUT2D eigenvalue weighted by molar-refractivity contribution is 7.09. The van der Waals surface area contributed by atoms with Crippen molar-refractivity contribution in [3.8, 4) is 0 Å². The van der Waals surface area contributed by atoms with Crippen molar-refractivity contribution in [2.24, 2.45) is 0 Å². The summed E-state index contributed by atoms with van der Waals surface area (Å²) in [5.41, 5.74) is 0.238. The van der Waals surface area contributed by atoms with Crippen molar-refractivity contribution >= 4 is 33.6 Å². The van der Waals surface area contributed by atoms with Crippen molar-refractivity contribution in [2.75, 3.05) is 36.0 Å². The molecule has 1 aliphatic heterocycles. The van der Waals surface area contributed by atoms with Gasteiger partial charge in [0, 0.05) is 44.1 Å². The largest absolute Gasteiger partial charge is 0.345 e. The lowest BCUT2D eigenvalue weighted by Crippen LogP contribution is -2.33. The predicted octanol–water partition coefficient (Wildman–Crippen LogP) is 2.01. The van der Waals surface area contributed by atoms with E-state index in [-0.39, 0.29) is 11.1 Å². The molecule has 28 heavy (non-hydrogen) atoms. The number of hydrogen-bond acceptors (Lipinski definition) is 8. The Balaban J connectivity index is 1.60. The van der Waals surface area contributed by atoms with Crippen LogP contribution in [-0.4, -0.2) is 55.3 Å². The molecule has 0 saturated carbocycles. The summed E-state index contributed by atoms with van der Waals surface area (Å²) in [7, 11) is 0. The minimum absolute atomic E-state index is 0.145. The van der Waals surface area contributed by atoms with Gasteiger partial charge in [-0.2, -0.15) is 14.5 Å². The quantitative estimate of drug-likeness (QED) is 0.716. The minimum Gasteiger partial charge on any atom is -0.345 e. The van der Waals surface area contributed by atoms with Gasteiger partial charge in [-0.3, -0.25) is 9.78 Å². The molecule has 1 aliphatic rings. The van der Waals surface area contributed by atoms with Crippen LogP contribution in [-0.2, 0) is 12.0 Å². The summed E-state index contributed by atoms with van der Waals surface area (Å²) in [5.74, 6) is 1.50. The second-order valence-corrected chi connectivity index (χ2v) is 8.76. The molecular formula is C18H26N8OS. The van der Waals surface area contributed by atoms with Crippen LogP contribution in [0.4, 0.5) is 11.1 Å². The number of aromatic nitrogens is 6. The Morgan fingerprint density at radius 2 is 1.89 bits per heavy atom. The second kappa shape index (κ2) is 7.16. The first-order valence-electron chi connectivity index (χ1n) is 9.68. The first-order valence-corrected chi connectivity index (χ1v) is 10.4. The van der Waals surface area contributed by atoms with Crippen LogP contribution in [0, 0.1) is 0 Å². The summed E-state index contributed by atoms with van der Waals surface area (Å²) >= 11 is 1.46. The maximum absolute atomic E-state index is 12.6. The second-order valence-electron chi connectivity index (χ2n) is 8.03. The molecule has 0 bridgehead atoms. The molecule has 0 amide bonds. The fourth-order valence-electron chi connectivity index (χ4n) is 3.38. The summed E-state index contributed by atoms with van der Waals surface area (Å²) in [5, 5.41) is 5.89. The average Bonchev–Trinajstić information content (AvgIpc) is 3.23. The van der Waals surface area contributed by atoms with Gasteiger partial charge < -0.3 is 9.80 Å². The van der Waals surface area contributed by atoms with Gasteiger partial charge in [-0.05, 0) is 27.2 Å². The van der Waals surface area contributed by atoms with E-state index in [1.165, 1.54) is 11.5 Å². The molecule has 1 N–H and O–H groups in total. The van der Waals surface area contributed by atoms with E-state index >= 15 is 0 Å². The average molecular weight is 403 g/mol. The highest BCUT2D eigenvalue weighted by Crippen LogP contribution is 2.22. The molecule has 0 atom stereocenters. The van der Waals surface area contributed by atoms with Crippen LogP contribution in [0.5, 0.6) is 0 Å². The van der Waals surface area contributed by atoms with E-state index in [0.717, 1.165) is 50.0 Å². The van der Waals surface area contributed by atoms with Crippen molar-refractivity contribution in [1.29, 1.82) is 0 Å². The number of H-pyrrole nitrogens is 1. The Morgan fingerprint density at radius 1 is 1.14 bits per heavy atom. The fraction of sp³-hybridized carbons (Fsp3) is 0.611. The highest BCUT2D eigenvalue weighted by Gasteiger charge is 2.23. The number of rotatable bonds is 3. The number of nitrogens with zero attached hydrogens (tertiary/aromatic N) is 7. The van der Waals surface area contributed by atoms with Crippen LogP contribution in [0.3, 0.4) is 0 Å². The first kappa shape index (κ1) is 18.9. The molecule has 0 aromatic carbocycles. The molecule has 0 unspecified atom stereocenters. The topological polar surface area (TPSA) is 95.8 Å². The Morgan fingerprint density at radius 3 is 2.61 bits per heavy atom. The van der Waals surface area contributed by atoms with E-state index in [1.54, 1.807) is 6.20 Å². The van der Waals surface area contributed by atoms with Crippen LogP contribution in [0.2, 0.25) is 0 Å². The maximum Gasteiger partial charge on any atom is 0.263 e. The highest BCUT2D eigenvalue weighted by atomic mass is 32.1. The predicted molar refractivity (Wildman–Crippen MR) is 111 cm³/mol. The third-order valence-corrected chi connectivity index (χ3v) is 5.72. The lowest BCUT2D eigenvalue weighted by molar-refractivity contribution is 0.366. The minimum atomic E-state index is -0.246. The Bertz CT molecular complexity index is 1030. The summed E-state index contributed by atoms with van der Waals surface area (Å²) in [6.07, 6.45) is 3.41. The summed E-state index contributed by atoms with van der Waals surface area (Å²) in [6, 6.07) is 0. The molecule has 1 fully saturated rings. The molecule has 0 aliphatic carbocycles. The van der Waals surface area contributed by atoms with Gasteiger partial charge in [-0.25, -0.2) is 9.67 Å². The normalized spacial score (nSPS) is 16.0. The number of anilines is 2. The van der Waals surface area contributed by atoms with Gasteiger partial charge in [0.05, 0.1) is 11.7 Å². The van der Waals surface area contributed by atoms with Gasteiger partial charge in [0.1, 0.15) is 11.2 Å². The summed E-state index contributed by atoms with van der Waals surface area (Å²) in [6.45, 7) is 11.6. The van der Waals surface area contributed by atoms with Gasteiger partial charge in [-0.1, -0.05) is 6.92 Å². The fourth-order valence-corrected chi connectivity index (χ4v) is 4.19. The molecule has 1 saturated heterocycles. The Kier molecular flexibility index (Phi) is 4.82. The van der Waals surface area contributed by atoms with Gasteiger partial charge >= 0.3 is 0 Å². The van der Waals surface area contributed by atoms with E-state index in [2.05, 4.69) is 56.9 Å². The smallest absolute Gasteiger partial charge is 0.263 e. The van der Waals surface area contributed by atoms with Crippen molar-refractivity contribution in [2.45, 2.75) is 46.1 Å². The van der Waals surface area contributed by atoms with Crippen LogP contribution in [0.1, 0.15) is 39.9 Å². The number of fused-ring (bicyclic) bond motifs is 1. The molecule has 9 nitrogen and oxygen atoms in total. The van der Waals surface area contributed by atoms with Gasteiger partial charge in [-0.15, -0.1) is 0 Å². The van der Waals surface area contributed by atoms with Gasteiger partial charge in [0.2, 0.25) is 11.1 Å². The lowest BCUT2D eigenvalue weighted by Gasteiger charge is -2.23. The Hall–Kier alpha value is -2.49. The Labute approximate surface area is 167 Å². The lowest BCUT2D eigenvalue weighted by atomic mass is 10.1. The van der Waals surface area contributed by atoms with E-state index in [4.69, 9.17) is 4.98 Å². The zero-order valence-electron chi connectivity index (χ0n) is 16.8. The van der Waals surface area contributed by atoms with Gasteiger partial charge in [0.25, 0.3) is 5.56 Å². The molecule has 0 spiro atoms. The standard InChI is InChI=1S/C18H26N8OS/c1-5-13-20-17(28-23-13)25-8-6-7-24(9-10-25)16-21-14-12(15(27)22-16)11-19-26(14)18(2,3)4/h11H,5-10H2,1-4H3,(H,21,22,27). The number of aryl methyl sites for hydroxylation is 1. The number of hydrogen-bond donors (Lipinski definition) is 1. The van der Waals surface area contributed by atoms with E-state index < -0.39 is 0 Å².